The third kappa shape index (κ3) is 7.58. The van der Waals surface area contributed by atoms with Crippen LogP contribution in [0, 0.1) is 23.7 Å². The molecule has 0 saturated heterocycles. The van der Waals surface area contributed by atoms with Gasteiger partial charge >= 0.3 is 0 Å². The maximum atomic E-state index is 9.31. The first-order valence-electron chi connectivity index (χ1n) is 4.87. The van der Waals surface area contributed by atoms with Crippen molar-refractivity contribution in [3.05, 3.63) is 24.3 Å². The predicted molar refractivity (Wildman–Crippen MR) is 61.8 cm³/mol. The molecule has 0 aliphatic rings. The van der Waals surface area contributed by atoms with Gasteiger partial charge in [0.1, 0.15) is 0 Å². The second kappa shape index (κ2) is 9.09. The molecule has 0 aliphatic heterocycles. The molecule has 0 aromatic heterocycles. The number of aliphatic hydroxyl groups excluding tert-OH is 2. The van der Waals surface area contributed by atoms with Crippen LogP contribution in [-0.2, 0) is 0 Å². The minimum atomic E-state index is -0.854. The van der Waals surface area contributed by atoms with Crippen LogP contribution >= 0.6 is 0 Å². The van der Waals surface area contributed by atoms with Crippen LogP contribution in [0.2, 0.25) is 0 Å². The average Bonchev–Trinajstić information content (AvgIpc) is 2.26. The molecular formula is C13H16O2. The highest BCUT2D eigenvalue weighted by Gasteiger charge is 2.08. The fourth-order valence-electron chi connectivity index (χ4n) is 0.755. The van der Waals surface area contributed by atoms with Gasteiger partial charge < -0.3 is 10.2 Å². The first-order valence-corrected chi connectivity index (χ1v) is 4.87. The van der Waals surface area contributed by atoms with E-state index in [0.717, 1.165) is 0 Å². The zero-order valence-electron chi connectivity index (χ0n) is 9.07. The lowest BCUT2D eigenvalue weighted by atomic mass is 10.1. The molecule has 2 unspecified atom stereocenters. The van der Waals surface area contributed by atoms with Crippen LogP contribution in [0.3, 0.4) is 0 Å². The largest absolute Gasteiger partial charge is 0.390 e. The standard InChI is InChI=1S/C13H16O2/c1-3-5-6-7-8-9-10-11-13(15)12(14)4-2/h3,5,10-15H,4H2,1-2H3/b5-3+,11-10+. The van der Waals surface area contributed by atoms with Crippen molar-refractivity contribution in [2.24, 2.45) is 0 Å². The van der Waals surface area contributed by atoms with E-state index in [1.807, 2.05) is 13.0 Å². The van der Waals surface area contributed by atoms with Crippen LogP contribution in [0.4, 0.5) is 0 Å². The van der Waals surface area contributed by atoms with Crippen molar-refractivity contribution in [3.63, 3.8) is 0 Å². The highest BCUT2D eigenvalue weighted by atomic mass is 16.3. The maximum Gasteiger partial charge on any atom is 0.0988 e. The van der Waals surface area contributed by atoms with E-state index in [2.05, 4.69) is 23.7 Å². The van der Waals surface area contributed by atoms with E-state index in [4.69, 9.17) is 0 Å². The van der Waals surface area contributed by atoms with Crippen LogP contribution in [0.25, 0.3) is 0 Å². The van der Waals surface area contributed by atoms with Crippen molar-refractivity contribution < 1.29 is 10.2 Å². The van der Waals surface area contributed by atoms with E-state index in [1.54, 1.807) is 13.0 Å². The summed E-state index contributed by atoms with van der Waals surface area (Å²) in [5.74, 6) is 10.6. The minimum absolute atomic E-state index is 0.514. The highest BCUT2D eigenvalue weighted by molar-refractivity contribution is 5.34. The summed E-state index contributed by atoms with van der Waals surface area (Å²) in [6.07, 6.45) is 5.41. The van der Waals surface area contributed by atoms with Gasteiger partial charge in [0.05, 0.1) is 12.2 Å². The third-order valence-corrected chi connectivity index (χ3v) is 1.65. The Labute approximate surface area is 91.3 Å². The van der Waals surface area contributed by atoms with Crippen molar-refractivity contribution in [1.29, 1.82) is 0 Å². The van der Waals surface area contributed by atoms with Crippen LogP contribution in [-0.4, -0.2) is 22.4 Å². The third-order valence-electron chi connectivity index (χ3n) is 1.65. The van der Waals surface area contributed by atoms with Crippen LogP contribution < -0.4 is 0 Å². The Morgan fingerprint density at radius 2 is 1.73 bits per heavy atom. The second-order valence-electron chi connectivity index (χ2n) is 2.86. The molecule has 2 nitrogen and oxygen atoms in total. The Hall–Kier alpha value is -1.48. The predicted octanol–water partition coefficient (Wildman–Crippen LogP) is 1.26. The molecule has 0 heterocycles. The highest BCUT2D eigenvalue weighted by Crippen LogP contribution is 1.98. The minimum Gasteiger partial charge on any atom is -0.390 e. The van der Waals surface area contributed by atoms with E-state index < -0.39 is 12.2 Å². The number of allylic oxidation sites excluding steroid dienone is 3. The van der Waals surface area contributed by atoms with Crippen molar-refractivity contribution in [2.75, 3.05) is 0 Å². The molecule has 0 spiro atoms. The van der Waals surface area contributed by atoms with Gasteiger partial charge in [-0.2, -0.15) is 0 Å². The molecule has 0 fully saturated rings. The summed E-state index contributed by atoms with van der Waals surface area (Å²) in [6.45, 7) is 3.68. The molecule has 2 N–H and O–H groups in total. The molecule has 2 atom stereocenters. The van der Waals surface area contributed by atoms with Gasteiger partial charge in [0.25, 0.3) is 0 Å². The van der Waals surface area contributed by atoms with Crippen LogP contribution in [0.1, 0.15) is 20.3 Å². The Morgan fingerprint density at radius 3 is 2.27 bits per heavy atom. The summed E-state index contributed by atoms with van der Waals surface area (Å²) in [5.41, 5.74) is 0. The topological polar surface area (TPSA) is 40.5 Å². The molecule has 2 heteroatoms. The van der Waals surface area contributed by atoms with Crippen molar-refractivity contribution in [1.82, 2.24) is 0 Å². The molecule has 0 aliphatic carbocycles. The summed E-state index contributed by atoms with van der Waals surface area (Å²) >= 11 is 0. The molecular weight excluding hydrogens is 188 g/mol. The summed E-state index contributed by atoms with van der Waals surface area (Å²) in [5, 5.41) is 18.5. The van der Waals surface area contributed by atoms with Gasteiger partial charge in [0.15, 0.2) is 0 Å². The number of aliphatic hydroxyl groups is 2. The van der Waals surface area contributed by atoms with Gasteiger partial charge in [-0.3, -0.25) is 0 Å². The average molecular weight is 204 g/mol. The molecule has 0 amide bonds. The van der Waals surface area contributed by atoms with Crippen molar-refractivity contribution >= 4 is 0 Å². The lowest BCUT2D eigenvalue weighted by Gasteiger charge is -2.10. The van der Waals surface area contributed by atoms with E-state index >= 15 is 0 Å². The smallest absolute Gasteiger partial charge is 0.0988 e. The quantitative estimate of drug-likeness (QED) is 0.679. The maximum absolute atomic E-state index is 9.31. The molecule has 15 heavy (non-hydrogen) atoms. The van der Waals surface area contributed by atoms with Gasteiger partial charge in [0, 0.05) is 0 Å². The molecule has 0 radical (unpaired) electrons. The SMILES string of the molecule is C/C=C/C#CC#C/C=C/C(O)C(O)CC. The Bertz CT molecular complexity index is 331. The second-order valence-corrected chi connectivity index (χ2v) is 2.86. The van der Waals surface area contributed by atoms with E-state index in [9.17, 15) is 10.2 Å². The molecule has 80 valence electrons. The zero-order valence-corrected chi connectivity index (χ0v) is 9.07. The Morgan fingerprint density at radius 1 is 1.13 bits per heavy atom. The number of rotatable bonds is 3. The lowest BCUT2D eigenvalue weighted by Crippen LogP contribution is -2.22. The zero-order chi connectivity index (χ0) is 11.5. The van der Waals surface area contributed by atoms with E-state index in [0.29, 0.717) is 6.42 Å². The van der Waals surface area contributed by atoms with Gasteiger partial charge in [-0.1, -0.05) is 24.8 Å². The molecule has 0 bridgehead atoms. The van der Waals surface area contributed by atoms with Gasteiger partial charge in [-0.15, -0.1) is 0 Å². The molecule has 0 rings (SSSR count). The normalized spacial score (nSPS) is 14.1. The number of hydrogen-bond acceptors (Lipinski definition) is 2. The Balaban J connectivity index is 4.05. The first kappa shape index (κ1) is 13.5. The van der Waals surface area contributed by atoms with Crippen molar-refractivity contribution in [3.8, 4) is 23.7 Å². The summed E-state index contributed by atoms with van der Waals surface area (Å²) in [7, 11) is 0. The molecule has 0 aromatic carbocycles. The fourth-order valence-corrected chi connectivity index (χ4v) is 0.755. The summed E-state index contributed by atoms with van der Waals surface area (Å²) < 4.78 is 0. The van der Waals surface area contributed by atoms with E-state index in [1.165, 1.54) is 12.2 Å². The lowest BCUT2D eigenvalue weighted by molar-refractivity contribution is 0.0466. The van der Waals surface area contributed by atoms with Gasteiger partial charge in [-0.25, -0.2) is 0 Å². The van der Waals surface area contributed by atoms with Crippen LogP contribution in [0.15, 0.2) is 24.3 Å². The monoisotopic (exact) mass is 204 g/mol. The summed E-state index contributed by atoms with van der Waals surface area (Å²) in [6, 6.07) is 0. The fraction of sp³-hybridized carbons (Fsp3) is 0.385. The Kier molecular flexibility index (Phi) is 8.19. The summed E-state index contributed by atoms with van der Waals surface area (Å²) in [4.78, 5) is 0. The molecule has 0 aromatic rings. The van der Waals surface area contributed by atoms with Crippen molar-refractivity contribution in [2.45, 2.75) is 32.5 Å². The van der Waals surface area contributed by atoms with Crippen LogP contribution in [0.5, 0.6) is 0 Å². The first-order chi connectivity index (χ1) is 7.22. The van der Waals surface area contributed by atoms with E-state index in [-0.39, 0.29) is 0 Å². The number of hydrogen-bond donors (Lipinski definition) is 2. The van der Waals surface area contributed by atoms with Gasteiger partial charge in [0.2, 0.25) is 0 Å². The van der Waals surface area contributed by atoms with Gasteiger partial charge in [-0.05, 0) is 43.4 Å². The molecule has 0 saturated carbocycles.